The molecule has 3 N–H and O–H groups in total. The Bertz CT molecular complexity index is 249. The number of rotatable bonds is 8. The van der Waals surface area contributed by atoms with Crippen LogP contribution in [-0.4, -0.2) is 41.1 Å². The smallest absolute Gasteiger partial charge is 0.267 e. The van der Waals surface area contributed by atoms with E-state index in [0.29, 0.717) is 19.3 Å². The van der Waals surface area contributed by atoms with Gasteiger partial charge in [-0.2, -0.15) is 8.42 Å². The molecule has 0 saturated heterocycles. The predicted molar refractivity (Wildman–Crippen MR) is 57.2 cm³/mol. The van der Waals surface area contributed by atoms with E-state index in [1.54, 1.807) is 6.92 Å². The van der Waals surface area contributed by atoms with Crippen molar-refractivity contribution in [3.63, 3.8) is 0 Å². The van der Waals surface area contributed by atoms with Crippen LogP contribution in [0.15, 0.2) is 0 Å². The van der Waals surface area contributed by atoms with Gasteiger partial charge >= 0.3 is 0 Å². The fraction of sp³-hybridized carbons (Fsp3) is 1.00. The highest BCUT2D eigenvalue weighted by atomic mass is 32.2. The Morgan fingerprint density at radius 2 is 1.87 bits per heavy atom. The minimum absolute atomic E-state index is 0.0563. The van der Waals surface area contributed by atoms with Crippen molar-refractivity contribution in [3.8, 4) is 0 Å². The lowest BCUT2D eigenvalue weighted by molar-refractivity contribution is 0.144. The summed E-state index contributed by atoms with van der Waals surface area (Å²) in [6, 6.07) is 0. The molecule has 6 heteroatoms. The molecule has 0 aliphatic carbocycles. The molecule has 0 rings (SSSR count). The molecule has 2 atom stereocenters. The van der Waals surface area contributed by atoms with Gasteiger partial charge in [-0.1, -0.05) is 6.92 Å². The van der Waals surface area contributed by atoms with Crippen LogP contribution in [0.4, 0.5) is 0 Å². The number of hydrogen-bond donors (Lipinski definition) is 3. The Morgan fingerprint density at radius 3 is 2.27 bits per heavy atom. The first kappa shape index (κ1) is 14.8. The summed E-state index contributed by atoms with van der Waals surface area (Å²) < 4.78 is 30.5. The number of hydrogen-bond acceptors (Lipinski definition) is 4. The van der Waals surface area contributed by atoms with E-state index < -0.39 is 21.5 Å². The van der Waals surface area contributed by atoms with E-state index in [1.165, 1.54) is 0 Å². The van der Waals surface area contributed by atoms with Crippen molar-refractivity contribution in [1.82, 2.24) is 0 Å². The summed E-state index contributed by atoms with van der Waals surface area (Å²) in [4.78, 5) is 0. The molecule has 0 amide bonds. The highest BCUT2D eigenvalue weighted by Gasteiger charge is 2.23. The minimum atomic E-state index is -4.05. The quantitative estimate of drug-likeness (QED) is 0.426. The monoisotopic (exact) mass is 240 g/mol. The highest BCUT2D eigenvalue weighted by molar-refractivity contribution is 7.86. The highest BCUT2D eigenvalue weighted by Crippen LogP contribution is 2.14. The summed E-state index contributed by atoms with van der Waals surface area (Å²) in [5, 5.41) is 17.1. The van der Waals surface area contributed by atoms with E-state index in [0.717, 1.165) is 0 Å². The van der Waals surface area contributed by atoms with Crippen molar-refractivity contribution in [3.05, 3.63) is 0 Å². The van der Waals surface area contributed by atoms with Gasteiger partial charge in [-0.05, 0) is 32.1 Å². The van der Waals surface area contributed by atoms with Gasteiger partial charge in [-0.3, -0.25) is 4.55 Å². The van der Waals surface area contributed by atoms with Crippen LogP contribution in [0, 0.1) is 0 Å². The van der Waals surface area contributed by atoms with Crippen molar-refractivity contribution in [1.29, 1.82) is 0 Å². The van der Waals surface area contributed by atoms with E-state index >= 15 is 0 Å². The van der Waals surface area contributed by atoms with Crippen LogP contribution in [0.1, 0.15) is 39.0 Å². The van der Waals surface area contributed by atoms with E-state index in [1.807, 2.05) is 0 Å². The first-order valence-electron chi connectivity index (χ1n) is 5.17. The molecule has 0 radical (unpaired) electrons. The second kappa shape index (κ2) is 7.16. The zero-order valence-corrected chi connectivity index (χ0v) is 9.78. The van der Waals surface area contributed by atoms with E-state index in [9.17, 15) is 13.5 Å². The summed E-state index contributed by atoms with van der Waals surface area (Å²) in [5.41, 5.74) is 0. The summed E-state index contributed by atoms with van der Waals surface area (Å²) >= 11 is 0. The average Bonchev–Trinajstić information content (AvgIpc) is 2.12. The molecule has 5 nitrogen and oxygen atoms in total. The van der Waals surface area contributed by atoms with E-state index in [4.69, 9.17) is 9.66 Å². The third kappa shape index (κ3) is 6.83. The van der Waals surface area contributed by atoms with Crippen molar-refractivity contribution in [2.45, 2.75) is 50.4 Å². The van der Waals surface area contributed by atoms with Gasteiger partial charge < -0.3 is 10.2 Å². The maximum absolute atomic E-state index is 10.8. The Morgan fingerprint density at radius 1 is 1.27 bits per heavy atom. The van der Waals surface area contributed by atoms with Gasteiger partial charge in [0, 0.05) is 6.61 Å². The van der Waals surface area contributed by atoms with E-state index in [2.05, 4.69) is 0 Å². The minimum Gasteiger partial charge on any atom is -0.396 e. The predicted octanol–water partition coefficient (Wildman–Crippen LogP) is 0.566. The summed E-state index contributed by atoms with van der Waals surface area (Å²) in [6.07, 6.45) is 1.31. The molecule has 0 heterocycles. The van der Waals surface area contributed by atoms with Crippen LogP contribution in [0.5, 0.6) is 0 Å². The van der Waals surface area contributed by atoms with Crippen LogP contribution in [0.25, 0.3) is 0 Å². The lowest BCUT2D eigenvalue weighted by atomic mass is 10.1. The van der Waals surface area contributed by atoms with Crippen LogP contribution in [-0.2, 0) is 10.1 Å². The molecule has 0 aromatic heterocycles. The van der Waals surface area contributed by atoms with Crippen molar-refractivity contribution < 1.29 is 23.2 Å². The van der Waals surface area contributed by atoms with Crippen LogP contribution in [0.2, 0.25) is 0 Å². The Balaban J connectivity index is 3.97. The third-order valence-electron chi connectivity index (χ3n) is 2.36. The summed E-state index contributed by atoms with van der Waals surface area (Å²) in [5.74, 6) is 0. The average molecular weight is 240 g/mol. The van der Waals surface area contributed by atoms with E-state index in [-0.39, 0.29) is 19.4 Å². The summed E-state index contributed by atoms with van der Waals surface area (Å²) in [7, 11) is -4.05. The van der Waals surface area contributed by atoms with Crippen LogP contribution >= 0.6 is 0 Å². The topological polar surface area (TPSA) is 94.8 Å². The van der Waals surface area contributed by atoms with Gasteiger partial charge in [0.1, 0.15) is 0 Å². The maximum Gasteiger partial charge on any atom is 0.267 e. The van der Waals surface area contributed by atoms with Gasteiger partial charge in [0.25, 0.3) is 10.1 Å². The molecule has 0 aliphatic rings. The molecule has 15 heavy (non-hydrogen) atoms. The fourth-order valence-electron chi connectivity index (χ4n) is 1.41. The first-order chi connectivity index (χ1) is 6.91. The summed E-state index contributed by atoms with van der Waals surface area (Å²) in [6.45, 7) is 1.72. The Labute approximate surface area is 90.9 Å². The molecule has 0 aliphatic heterocycles. The van der Waals surface area contributed by atoms with Crippen LogP contribution in [0.3, 0.4) is 0 Å². The SMILES string of the molecule is CCC(CC(O)CCCCO)S(=O)(=O)O. The molecule has 0 aromatic carbocycles. The maximum atomic E-state index is 10.8. The molecule has 2 unspecified atom stereocenters. The third-order valence-corrected chi connectivity index (χ3v) is 3.73. The molecule has 0 aromatic rings. The van der Waals surface area contributed by atoms with Gasteiger partial charge in [-0.25, -0.2) is 0 Å². The number of unbranched alkanes of at least 4 members (excludes halogenated alkanes) is 1. The lowest BCUT2D eigenvalue weighted by Crippen LogP contribution is -2.25. The normalized spacial score (nSPS) is 16.3. The van der Waals surface area contributed by atoms with Crippen molar-refractivity contribution in [2.24, 2.45) is 0 Å². The second-order valence-corrected chi connectivity index (χ2v) is 5.35. The first-order valence-corrected chi connectivity index (χ1v) is 6.67. The molecular formula is C9H20O5S. The van der Waals surface area contributed by atoms with Crippen molar-refractivity contribution >= 4 is 10.1 Å². The van der Waals surface area contributed by atoms with Gasteiger partial charge in [0.2, 0.25) is 0 Å². The van der Waals surface area contributed by atoms with Crippen LogP contribution < -0.4 is 0 Å². The van der Waals surface area contributed by atoms with Gasteiger partial charge in [0.05, 0.1) is 11.4 Å². The largest absolute Gasteiger partial charge is 0.396 e. The zero-order chi connectivity index (χ0) is 11.9. The van der Waals surface area contributed by atoms with Gasteiger partial charge in [0.15, 0.2) is 0 Å². The molecule has 0 bridgehead atoms. The molecule has 0 spiro atoms. The molecule has 0 saturated carbocycles. The number of aliphatic hydroxyl groups is 2. The number of aliphatic hydroxyl groups excluding tert-OH is 2. The lowest BCUT2D eigenvalue weighted by Gasteiger charge is -2.16. The molecule has 92 valence electrons. The second-order valence-electron chi connectivity index (χ2n) is 3.65. The molecular weight excluding hydrogens is 220 g/mol. The molecule has 0 fully saturated rings. The Kier molecular flexibility index (Phi) is 7.08. The van der Waals surface area contributed by atoms with Crippen molar-refractivity contribution in [2.75, 3.05) is 6.61 Å². The standard InChI is InChI=1S/C9H20O5S/c1-2-9(15(12,13)14)7-8(11)5-3-4-6-10/h8-11H,2-7H2,1H3,(H,12,13,14). The van der Waals surface area contributed by atoms with Gasteiger partial charge in [-0.15, -0.1) is 0 Å². The fourth-order valence-corrected chi connectivity index (χ4v) is 2.30. The Hall–Kier alpha value is -0.170. The zero-order valence-electron chi connectivity index (χ0n) is 8.96.